The van der Waals surface area contributed by atoms with Gasteiger partial charge in [0.25, 0.3) is 5.91 Å². The van der Waals surface area contributed by atoms with E-state index in [0.29, 0.717) is 22.9 Å². The van der Waals surface area contributed by atoms with Gasteiger partial charge in [-0.3, -0.25) is 14.6 Å². The molecule has 2 fully saturated rings. The summed E-state index contributed by atoms with van der Waals surface area (Å²) < 4.78 is 0. The van der Waals surface area contributed by atoms with Crippen LogP contribution in [0.5, 0.6) is 0 Å². The van der Waals surface area contributed by atoms with Gasteiger partial charge in [-0.1, -0.05) is 11.8 Å². The fourth-order valence-corrected chi connectivity index (χ4v) is 5.50. The summed E-state index contributed by atoms with van der Waals surface area (Å²) in [7, 11) is 0. The van der Waals surface area contributed by atoms with E-state index in [-0.39, 0.29) is 11.8 Å². The van der Waals surface area contributed by atoms with Crippen LogP contribution in [0.2, 0.25) is 0 Å². The quantitative estimate of drug-likeness (QED) is 0.657. The molecule has 1 unspecified atom stereocenters. The Morgan fingerprint density at radius 3 is 2.48 bits per heavy atom. The van der Waals surface area contributed by atoms with Gasteiger partial charge in [0.1, 0.15) is 5.37 Å². The minimum atomic E-state index is -0.709. The van der Waals surface area contributed by atoms with Crippen molar-refractivity contribution in [3.8, 4) is 0 Å². The topological polar surface area (TPSA) is 108 Å². The average Bonchev–Trinajstić information content (AvgIpc) is 3.07. The second-order valence-corrected chi connectivity index (χ2v) is 8.46. The van der Waals surface area contributed by atoms with Crippen molar-refractivity contribution < 1.29 is 14.7 Å². The Labute approximate surface area is 152 Å². The van der Waals surface area contributed by atoms with Crippen molar-refractivity contribution in [1.29, 1.82) is 0 Å². The Hall–Kier alpha value is -1.28. The number of thioether (sulfide) groups is 1. The number of hydrogen-bond donors (Lipinski definition) is 3. The molecule has 0 spiro atoms. The number of aliphatic carboxylic acids is 1. The van der Waals surface area contributed by atoms with Crippen LogP contribution in [0.25, 0.3) is 0 Å². The Kier molecular flexibility index (Phi) is 6.22. The number of hydrogen-bond acceptors (Lipinski definition) is 6. The van der Waals surface area contributed by atoms with Crippen molar-refractivity contribution in [3.63, 3.8) is 0 Å². The lowest BCUT2D eigenvalue weighted by molar-refractivity contribution is -0.137. The molecule has 1 amide bonds. The van der Waals surface area contributed by atoms with E-state index in [0.717, 1.165) is 58.0 Å². The number of carbonyl (C=O) groups excluding carboxylic acids is 1. The first-order valence-electron chi connectivity index (χ1n) is 9.30. The predicted octanol–water partition coefficient (Wildman–Crippen LogP) is 1.58. The minimum absolute atomic E-state index is 0.213. The summed E-state index contributed by atoms with van der Waals surface area (Å²) in [5.41, 5.74) is 5.49. The fourth-order valence-electron chi connectivity index (χ4n) is 4.22. The number of nitrogens with zero attached hydrogens (tertiary/aromatic N) is 2. The van der Waals surface area contributed by atoms with Gasteiger partial charge >= 0.3 is 5.97 Å². The molecule has 1 saturated carbocycles. The molecular weight excluding hydrogens is 340 g/mol. The number of primary amides is 1. The maximum atomic E-state index is 11.6. The third-order valence-corrected chi connectivity index (χ3v) is 7.00. The second-order valence-electron chi connectivity index (χ2n) is 7.35. The molecule has 4 N–H and O–H groups in total. The summed E-state index contributed by atoms with van der Waals surface area (Å²) in [5, 5.41) is 19.6. The van der Waals surface area contributed by atoms with Crippen LogP contribution in [0.3, 0.4) is 0 Å². The smallest absolute Gasteiger partial charge is 0.303 e. The largest absolute Gasteiger partial charge is 0.481 e. The Morgan fingerprint density at radius 1 is 1.20 bits per heavy atom. The number of carboxylic acids is 1. The van der Waals surface area contributed by atoms with Crippen molar-refractivity contribution in [3.05, 3.63) is 0 Å². The van der Waals surface area contributed by atoms with Crippen LogP contribution in [0, 0.1) is 11.8 Å². The van der Waals surface area contributed by atoms with Crippen LogP contribution in [0.4, 0.5) is 0 Å². The summed E-state index contributed by atoms with van der Waals surface area (Å²) >= 11 is 1.54. The van der Waals surface area contributed by atoms with Gasteiger partial charge in [-0.05, 0) is 69.9 Å². The molecule has 0 bridgehead atoms. The summed E-state index contributed by atoms with van der Waals surface area (Å²) in [6.45, 7) is 2.03. The third-order valence-electron chi connectivity index (χ3n) is 5.65. The van der Waals surface area contributed by atoms with Gasteiger partial charge in [-0.2, -0.15) is 5.10 Å². The van der Waals surface area contributed by atoms with Crippen molar-refractivity contribution in [1.82, 2.24) is 10.3 Å². The highest BCUT2D eigenvalue weighted by Crippen LogP contribution is 2.41. The van der Waals surface area contributed by atoms with Gasteiger partial charge in [0.2, 0.25) is 0 Å². The van der Waals surface area contributed by atoms with E-state index in [9.17, 15) is 9.59 Å². The summed E-state index contributed by atoms with van der Waals surface area (Å²) in [6, 6.07) is 0.338. The molecular formula is C17H28N4O3S. The maximum Gasteiger partial charge on any atom is 0.303 e. The van der Waals surface area contributed by atoms with E-state index < -0.39 is 11.9 Å². The number of amides is 1. The van der Waals surface area contributed by atoms with E-state index in [4.69, 9.17) is 10.8 Å². The van der Waals surface area contributed by atoms with Crippen LogP contribution < -0.4 is 11.1 Å². The molecule has 2 heterocycles. The standard InChI is InChI=1S/C17H28N4O3S/c18-15(24)16-20-21(17(25-16)12-7-9-19-10-8-12)13-4-1-11(2-5-13)3-6-14(22)23/h11-13,17,19H,1-10H2,(H2,18,24)(H,22,23)/t11-,13-,17?. The van der Waals surface area contributed by atoms with Crippen LogP contribution in [0.1, 0.15) is 51.4 Å². The normalized spacial score (nSPS) is 31.0. The minimum Gasteiger partial charge on any atom is -0.481 e. The third kappa shape index (κ3) is 4.67. The summed E-state index contributed by atoms with van der Waals surface area (Å²) in [5.74, 6) is -0.113. The molecule has 140 valence electrons. The van der Waals surface area contributed by atoms with Crippen molar-refractivity contribution in [2.24, 2.45) is 22.7 Å². The highest BCUT2D eigenvalue weighted by molar-refractivity contribution is 8.16. The first kappa shape index (κ1) is 18.5. The lowest BCUT2D eigenvalue weighted by atomic mass is 9.83. The molecule has 0 aromatic rings. The van der Waals surface area contributed by atoms with E-state index in [2.05, 4.69) is 15.4 Å². The lowest BCUT2D eigenvalue weighted by Gasteiger charge is -2.40. The number of nitrogens with two attached hydrogens (primary N) is 1. The first-order chi connectivity index (χ1) is 12.0. The number of nitrogens with one attached hydrogen (secondary N) is 1. The van der Waals surface area contributed by atoms with E-state index in [1.807, 2.05) is 0 Å². The van der Waals surface area contributed by atoms with Crippen LogP contribution in [-0.4, -0.2) is 51.5 Å². The number of carboxylic acid groups (broad SMARTS) is 1. The SMILES string of the molecule is NC(=O)C1=NN([C@H]2CC[C@H](CCC(=O)O)CC2)C(C2CCNCC2)S1. The zero-order valence-electron chi connectivity index (χ0n) is 14.5. The highest BCUT2D eigenvalue weighted by atomic mass is 32.2. The average molecular weight is 369 g/mol. The van der Waals surface area contributed by atoms with Gasteiger partial charge in [0, 0.05) is 12.5 Å². The highest BCUT2D eigenvalue weighted by Gasteiger charge is 2.40. The summed E-state index contributed by atoms with van der Waals surface area (Å²) in [4.78, 5) is 22.4. The summed E-state index contributed by atoms with van der Waals surface area (Å²) in [6.07, 6.45) is 7.34. The molecule has 8 heteroatoms. The number of hydrazone groups is 1. The van der Waals surface area contributed by atoms with Gasteiger partial charge in [0.05, 0.1) is 0 Å². The van der Waals surface area contributed by atoms with Gasteiger partial charge in [0.15, 0.2) is 5.04 Å². The zero-order chi connectivity index (χ0) is 17.8. The molecule has 1 aliphatic carbocycles. The van der Waals surface area contributed by atoms with Crippen LogP contribution in [-0.2, 0) is 9.59 Å². The Morgan fingerprint density at radius 2 is 1.88 bits per heavy atom. The van der Waals surface area contributed by atoms with Crippen LogP contribution >= 0.6 is 11.8 Å². The molecule has 2 aliphatic heterocycles. The van der Waals surface area contributed by atoms with Gasteiger partial charge in [-0.25, -0.2) is 0 Å². The molecule has 0 aromatic carbocycles. The fraction of sp³-hybridized carbons (Fsp3) is 0.824. The Bertz CT molecular complexity index is 528. The van der Waals surface area contributed by atoms with Crippen molar-refractivity contribution >= 4 is 28.7 Å². The Balaban J connectivity index is 1.61. The number of rotatable bonds is 6. The van der Waals surface area contributed by atoms with E-state index in [1.165, 1.54) is 11.8 Å². The lowest BCUT2D eigenvalue weighted by Crippen LogP contribution is -2.44. The predicted molar refractivity (Wildman–Crippen MR) is 98.1 cm³/mol. The van der Waals surface area contributed by atoms with Crippen molar-refractivity contribution in [2.45, 2.75) is 62.8 Å². The van der Waals surface area contributed by atoms with E-state index in [1.54, 1.807) is 0 Å². The van der Waals surface area contributed by atoms with E-state index >= 15 is 0 Å². The van der Waals surface area contributed by atoms with Gasteiger partial charge in [-0.15, -0.1) is 0 Å². The number of carbonyl (C=O) groups is 2. The molecule has 0 radical (unpaired) electrons. The number of piperidine rings is 1. The molecule has 1 saturated heterocycles. The van der Waals surface area contributed by atoms with Crippen LogP contribution in [0.15, 0.2) is 5.10 Å². The second kappa shape index (κ2) is 8.40. The van der Waals surface area contributed by atoms with Gasteiger partial charge < -0.3 is 16.2 Å². The molecule has 3 aliphatic rings. The van der Waals surface area contributed by atoms with Crippen molar-refractivity contribution in [2.75, 3.05) is 13.1 Å². The molecule has 1 atom stereocenters. The molecule has 25 heavy (non-hydrogen) atoms. The molecule has 7 nitrogen and oxygen atoms in total. The maximum absolute atomic E-state index is 11.6. The molecule has 3 rings (SSSR count). The molecule has 0 aromatic heterocycles. The monoisotopic (exact) mass is 368 g/mol. The first-order valence-corrected chi connectivity index (χ1v) is 10.2. The zero-order valence-corrected chi connectivity index (χ0v) is 15.3.